The van der Waals surface area contributed by atoms with E-state index in [0.717, 1.165) is 5.70 Å². The van der Waals surface area contributed by atoms with Crippen LogP contribution in [0.3, 0.4) is 0 Å². The van der Waals surface area contributed by atoms with Crippen molar-refractivity contribution in [1.82, 2.24) is 4.90 Å². The van der Waals surface area contributed by atoms with Gasteiger partial charge in [0.05, 0.1) is 10.5 Å². The molecule has 1 aromatic rings. The molecule has 0 aliphatic heterocycles. The second kappa shape index (κ2) is 5.25. The fourth-order valence-corrected chi connectivity index (χ4v) is 1.24. The first kappa shape index (κ1) is 12.9. The molecule has 17 heavy (non-hydrogen) atoms. The molecule has 1 aromatic carbocycles. The van der Waals surface area contributed by atoms with Crippen molar-refractivity contribution in [3.8, 4) is 0 Å². The third-order valence-corrected chi connectivity index (χ3v) is 2.41. The number of para-hydroxylation sites is 1. The minimum Gasteiger partial charge on any atom is -0.381 e. The summed E-state index contributed by atoms with van der Waals surface area (Å²) in [5.41, 5.74) is 0.687. The maximum absolute atomic E-state index is 11.9. The molecule has 0 radical (unpaired) electrons. The molecule has 0 saturated heterocycles. The van der Waals surface area contributed by atoms with Gasteiger partial charge in [-0.3, -0.25) is 14.9 Å². The topological polar surface area (TPSA) is 63.4 Å². The number of carbonyl (C=O) groups excluding carboxylic acids is 1. The Balaban J connectivity index is 3.13. The van der Waals surface area contributed by atoms with Gasteiger partial charge in [-0.15, -0.1) is 0 Å². The van der Waals surface area contributed by atoms with Crippen LogP contribution in [0.15, 0.2) is 36.0 Å². The van der Waals surface area contributed by atoms with Gasteiger partial charge < -0.3 is 4.90 Å². The Morgan fingerprint density at radius 3 is 2.47 bits per heavy atom. The molecule has 0 amide bonds. The summed E-state index contributed by atoms with van der Waals surface area (Å²) < 4.78 is 0. The van der Waals surface area contributed by atoms with Gasteiger partial charge in [0.15, 0.2) is 5.78 Å². The number of allylic oxidation sites excluding steroid dienone is 2. The fourth-order valence-electron chi connectivity index (χ4n) is 1.24. The predicted octanol–water partition coefficient (Wildman–Crippen LogP) is 2.24. The van der Waals surface area contributed by atoms with Gasteiger partial charge in [0.25, 0.3) is 5.69 Å². The van der Waals surface area contributed by atoms with Crippen molar-refractivity contribution >= 4 is 11.5 Å². The zero-order valence-electron chi connectivity index (χ0n) is 10.0. The minimum absolute atomic E-state index is 0.110. The molecule has 0 bridgehead atoms. The van der Waals surface area contributed by atoms with E-state index >= 15 is 0 Å². The number of nitro benzene ring substituents is 1. The third kappa shape index (κ3) is 3.14. The van der Waals surface area contributed by atoms with E-state index in [0.29, 0.717) is 0 Å². The van der Waals surface area contributed by atoms with Gasteiger partial charge in [-0.2, -0.15) is 0 Å². The van der Waals surface area contributed by atoms with Crippen LogP contribution in [0.25, 0.3) is 0 Å². The first-order valence-electron chi connectivity index (χ1n) is 5.07. The first-order chi connectivity index (χ1) is 7.93. The lowest BCUT2D eigenvalue weighted by Gasteiger charge is -2.11. The molecule has 90 valence electrons. The van der Waals surface area contributed by atoms with Crippen LogP contribution in [0, 0.1) is 10.1 Å². The maximum Gasteiger partial charge on any atom is 0.280 e. The van der Waals surface area contributed by atoms with Crippen molar-refractivity contribution < 1.29 is 9.72 Å². The van der Waals surface area contributed by atoms with Gasteiger partial charge in [-0.05, 0) is 13.0 Å². The summed E-state index contributed by atoms with van der Waals surface area (Å²) in [5.74, 6) is -0.358. The summed E-state index contributed by atoms with van der Waals surface area (Å²) in [5, 5.41) is 10.8. The quantitative estimate of drug-likeness (QED) is 0.347. The van der Waals surface area contributed by atoms with Gasteiger partial charge in [-0.25, -0.2) is 0 Å². The van der Waals surface area contributed by atoms with Crippen LogP contribution >= 0.6 is 0 Å². The normalized spacial score (nSPS) is 11.1. The number of hydrogen-bond acceptors (Lipinski definition) is 4. The number of benzene rings is 1. The van der Waals surface area contributed by atoms with Gasteiger partial charge in [0.2, 0.25) is 0 Å². The lowest BCUT2D eigenvalue weighted by Crippen LogP contribution is -2.10. The summed E-state index contributed by atoms with van der Waals surface area (Å²) in [6.45, 7) is 1.77. The SMILES string of the molecule is C/C(=C\C(=O)c1ccccc1[N+](=O)[O-])N(C)C. The van der Waals surface area contributed by atoms with Crippen molar-refractivity contribution in [2.24, 2.45) is 0 Å². The lowest BCUT2D eigenvalue weighted by atomic mass is 10.1. The Hall–Kier alpha value is -2.17. The van der Waals surface area contributed by atoms with Gasteiger partial charge in [0, 0.05) is 31.9 Å². The van der Waals surface area contributed by atoms with Crippen molar-refractivity contribution in [1.29, 1.82) is 0 Å². The average molecular weight is 234 g/mol. The summed E-state index contributed by atoms with van der Waals surface area (Å²) in [6, 6.07) is 5.93. The van der Waals surface area contributed by atoms with Crippen LogP contribution in [-0.2, 0) is 0 Å². The molecule has 0 aliphatic carbocycles. The van der Waals surface area contributed by atoms with Gasteiger partial charge in [0.1, 0.15) is 0 Å². The molecule has 0 fully saturated rings. The third-order valence-electron chi connectivity index (χ3n) is 2.41. The molecule has 0 heterocycles. The van der Waals surface area contributed by atoms with Crippen LogP contribution in [0.4, 0.5) is 5.69 Å². The molecule has 0 spiro atoms. The zero-order chi connectivity index (χ0) is 13.0. The summed E-state index contributed by atoms with van der Waals surface area (Å²) in [6.07, 6.45) is 1.39. The molecule has 0 aliphatic rings. The Labute approximate surface area is 99.5 Å². The molecule has 1 rings (SSSR count). The van der Waals surface area contributed by atoms with E-state index < -0.39 is 4.92 Å². The Kier molecular flexibility index (Phi) is 3.98. The van der Waals surface area contributed by atoms with E-state index in [1.807, 2.05) is 0 Å². The Morgan fingerprint density at radius 2 is 1.94 bits per heavy atom. The second-order valence-electron chi connectivity index (χ2n) is 3.82. The van der Waals surface area contributed by atoms with Crippen LogP contribution in [0.2, 0.25) is 0 Å². The molecule has 0 saturated carbocycles. The Bertz CT molecular complexity index is 478. The number of nitro groups is 1. The van der Waals surface area contributed by atoms with E-state index in [1.165, 1.54) is 24.3 Å². The average Bonchev–Trinajstić information content (AvgIpc) is 2.28. The van der Waals surface area contributed by atoms with E-state index in [4.69, 9.17) is 0 Å². The number of nitrogens with zero attached hydrogens (tertiary/aromatic N) is 2. The summed E-state index contributed by atoms with van der Waals surface area (Å²) in [4.78, 5) is 23.9. The number of carbonyl (C=O) groups is 1. The maximum atomic E-state index is 11.9. The van der Waals surface area contributed by atoms with Gasteiger partial charge >= 0.3 is 0 Å². The molecule has 0 N–H and O–H groups in total. The summed E-state index contributed by atoms with van der Waals surface area (Å²) >= 11 is 0. The van der Waals surface area contributed by atoms with Crippen LogP contribution in [-0.4, -0.2) is 29.7 Å². The van der Waals surface area contributed by atoms with Gasteiger partial charge in [-0.1, -0.05) is 12.1 Å². The number of hydrogen-bond donors (Lipinski definition) is 0. The molecular weight excluding hydrogens is 220 g/mol. The van der Waals surface area contributed by atoms with Crippen LogP contribution in [0.1, 0.15) is 17.3 Å². The van der Waals surface area contributed by atoms with E-state index in [-0.39, 0.29) is 17.0 Å². The van der Waals surface area contributed by atoms with E-state index in [2.05, 4.69) is 0 Å². The Morgan fingerprint density at radius 1 is 1.35 bits per heavy atom. The number of ketones is 1. The highest BCUT2D eigenvalue weighted by Gasteiger charge is 2.17. The minimum atomic E-state index is -0.550. The molecule has 5 heteroatoms. The second-order valence-corrected chi connectivity index (χ2v) is 3.82. The predicted molar refractivity (Wildman–Crippen MR) is 64.9 cm³/mol. The standard InChI is InChI=1S/C12H14N2O3/c1-9(13(2)3)8-12(15)10-6-4-5-7-11(10)14(16)17/h4-8H,1-3H3/b9-8+. The highest BCUT2D eigenvalue weighted by Crippen LogP contribution is 2.19. The van der Waals surface area contributed by atoms with Crippen molar-refractivity contribution in [2.45, 2.75) is 6.92 Å². The van der Waals surface area contributed by atoms with Crippen molar-refractivity contribution in [3.05, 3.63) is 51.7 Å². The number of rotatable bonds is 4. The first-order valence-corrected chi connectivity index (χ1v) is 5.07. The van der Waals surface area contributed by atoms with Crippen molar-refractivity contribution in [2.75, 3.05) is 14.1 Å². The smallest absolute Gasteiger partial charge is 0.280 e. The molecule has 0 unspecified atom stereocenters. The molecular formula is C12H14N2O3. The zero-order valence-corrected chi connectivity index (χ0v) is 10.0. The van der Waals surface area contributed by atoms with Crippen LogP contribution in [0.5, 0.6) is 0 Å². The van der Waals surface area contributed by atoms with Crippen LogP contribution < -0.4 is 0 Å². The van der Waals surface area contributed by atoms with E-state index in [9.17, 15) is 14.9 Å². The monoisotopic (exact) mass is 234 g/mol. The fraction of sp³-hybridized carbons (Fsp3) is 0.250. The van der Waals surface area contributed by atoms with E-state index in [1.54, 1.807) is 32.0 Å². The van der Waals surface area contributed by atoms with Crippen molar-refractivity contribution in [3.63, 3.8) is 0 Å². The largest absolute Gasteiger partial charge is 0.381 e. The summed E-state index contributed by atoms with van der Waals surface area (Å²) in [7, 11) is 3.61. The lowest BCUT2D eigenvalue weighted by molar-refractivity contribution is -0.385. The highest BCUT2D eigenvalue weighted by atomic mass is 16.6. The highest BCUT2D eigenvalue weighted by molar-refractivity contribution is 6.07. The molecule has 0 aromatic heterocycles. The molecule has 0 atom stereocenters. The molecule has 5 nitrogen and oxygen atoms in total.